The SMILES string of the molecule is O=C(NCCCOCc1ccccc1)C1CNc2ccccc2C1. The van der Waals surface area contributed by atoms with Crippen LogP contribution in [0.25, 0.3) is 0 Å². The number of carbonyl (C=O) groups excluding carboxylic acids is 1. The van der Waals surface area contributed by atoms with Crippen molar-refractivity contribution in [2.45, 2.75) is 19.4 Å². The minimum atomic E-state index is 0.00476. The van der Waals surface area contributed by atoms with Crippen LogP contribution in [0.5, 0.6) is 0 Å². The van der Waals surface area contributed by atoms with Crippen LogP contribution in [0.1, 0.15) is 17.5 Å². The number of amides is 1. The number of hydrogen-bond donors (Lipinski definition) is 2. The molecule has 0 radical (unpaired) electrons. The van der Waals surface area contributed by atoms with Crippen molar-refractivity contribution >= 4 is 11.6 Å². The number of para-hydroxylation sites is 1. The zero-order valence-corrected chi connectivity index (χ0v) is 13.8. The second-order valence-corrected chi connectivity index (χ2v) is 6.12. The molecule has 24 heavy (non-hydrogen) atoms. The zero-order valence-electron chi connectivity index (χ0n) is 13.8. The summed E-state index contributed by atoms with van der Waals surface area (Å²) in [6, 6.07) is 18.3. The van der Waals surface area contributed by atoms with E-state index in [1.165, 1.54) is 11.1 Å². The molecule has 1 amide bonds. The van der Waals surface area contributed by atoms with Crippen molar-refractivity contribution in [3.63, 3.8) is 0 Å². The summed E-state index contributed by atoms with van der Waals surface area (Å²) in [5, 5.41) is 6.36. The van der Waals surface area contributed by atoms with Crippen molar-refractivity contribution in [2.75, 3.05) is 25.0 Å². The molecular weight excluding hydrogens is 300 g/mol. The van der Waals surface area contributed by atoms with Gasteiger partial charge in [-0.05, 0) is 30.0 Å². The number of hydrogen-bond acceptors (Lipinski definition) is 3. The molecule has 1 aliphatic rings. The Morgan fingerprint density at radius 1 is 1.12 bits per heavy atom. The molecule has 1 aliphatic heterocycles. The van der Waals surface area contributed by atoms with Crippen molar-refractivity contribution < 1.29 is 9.53 Å². The monoisotopic (exact) mass is 324 g/mol. The topological polar surface area (TPSA) is 50.4 Å². The molecule has 2 aromatic rings. The first-order valence-electron chi connectivity index (χ1n) is 8.54. The van der Waals surface area contributed by atoms with Crippen molar-refractivity contribution in [2.24, 2.45) is 5.92 Å². The van der Waals surface area contributed by atoms with Crippen LogP contribution in [0.2, 0.25) is 0 Å². The number of benzene rings is 2. The molecule has 1 unspecified atom stereocenters. The van der Waals surface area contributed by atoms with Crippen LogP contribution in [0, 0.1) is 5.92 Å². The standard InChI is InChI=1S/C20H24N2O2/c23-20(18-13-17-9-4-5-10-19(17)22-14-18)21-11-6-12-24-15-16-7-2-1-3-8-16/h1-5,7-10,18,22H,6,11-15H2,(H,21,23). The van der Waals surface area contributed by atoms with Gasteiger partial charge in [0.25, 0.3) is 0 Å². The molecule has 1 heterocycles. The number of anilines is 1. The maximum absolute atomic E-state index is 12.3. The smallest absolute Gasteiger partial charge is 0.225 e. The van der Waals surface area contributed by atoms with Gasteiger partial charge in [0, 0.05) is 25.4 Å². The second-order valence-electron chi connectivity index (χ2n) is 6.12. The van der Waals surface area contributed by atoms with E-state index < -0.39 is 0 Å². The molecule has 4 heteroatoms. The summed E-state index contributed by atoms with van der Waals surface area (Å²) in [6.45, 7) is 2.64. The molecule has 1 atom stereocenters. The van der Waals surface area contributed by atoms with Crippen LogP contribution in [0.3, 0.4) is 0 Å². The summed E-state index contributed by atoms with van der Waals surface area (Å²) in [5.74, 6) is 0.130. The van der Waals surface area contributed by atoms with Crippen molar-refractivity contribution in [3.05, 3.63) is 65.7 Å². The van der Waals surface area contributed by atoms with Gasteiger partial charge in [-0.25, -0.2) is 0 Å². The molecule has 0 aromatic heterocycles. The van der Waals surface area contributed by atoms with E-state index in [1.54, 1.807) is 0 Å². The van der Waals surface area contributed by atoms with E-state index in [4.69, 9.17) is 4.74 Å². The first-order chi connectivity index (χ1) is 11.8. The van der Waals surface area contributed by atoms with Gasteiger partial charge in [0.05, 0.1) is 12.5 Å². The van der Waals surface area contributed by atoms with Crippen LogP contribution >= 0.6 is 0 Å². The van der Waals surface area contributed by atoms with E-state index in [9.17, 15) is 4.79 Å². The fourth-order valence-corrected chi connectivity index (χ4v) is 2.92. The van der Waals surface area contributed by atoms with E-state index in [1.807, 2.05) is 30.3 Å². The molecule has 0 saturated carbocycles. The van der Waals surface area contributed by atoms with Crippen LogP contribution in [0.15, 0.2) is 54.6 Å². The lowest BCUT2D eigenvalue weighted by molar-refractivity contribution is -0.124. The molecule has 0 spiro atoms. The summed E-state index contributed by atoms with van der Waals surface area (Å²) in [6.07, 6.45) is 1.63. The third-order valence-corrected chi connectivity index (χ3v) is 4.27. The van der Waals surface area contributed by atoms with Gasteiger partial charge >= 0.3 is 0 Å². The summed E-state index contributed by atoms with van der Waals surface area (Å²) in [4.78, 5) is 12.3. The quantitative estimate of drug-likeness (QED) is 0.770. The van der Waals surface area contributed by atoms with Gasteiger partial charge in [-0.3, -0.25) is 4.79 Å². The highest BCUT2D eigenvalue weighted by molar-refractivity contribution is 5.80. The first kappa shape index (κ1) is 16.5. The molecule has 0 fully saturated rings. The number of nitrogens with one attached hydrogen (secondary N) is 2. The third kappa shape index (κ3) is 4.59. The number of rotatable bonds is 7. The maximum Gasteiger partial charge on any atom is 0.225 e. The molecule has 0 aliphatic carbocycles. The Morgan fingerprint density at radius 3 is 2.79 bits per heavy atom. The highest BCUT2D eigenvalue weighted by Crippen LogP contribution is 2.24. The summed E-state index contributed by atoms with van der Waals surface area (Å²) in [5.41, 5.74) is 3.54. The Balaban J connectivity index is 1.32. The van der Waals surface area contributed by atoms with Crippen molar-refractivity contribution in [1.82, 2.24) is 5.32 Å². The molecule has 126 valence electrons. The lowest BCUT2D eigenvalue weighted by atomic mass is 9.93. The highest BCUT2D eigenvalue weighted by atomic mass is 16.5. The Hall–Kier alpha value is -2.33. The number of ether oxygens (including phenoxy) is 1. The Labute approximate surface area is 143 Å². The van der Waals surface area contributed by atoms with E-state index in [0.717, 1.165) is 18.5 Å². The first-order valence-corrected chi connectivity index (χ1v) is 8.54. The van der Waals surface area contributed by atoms with Crippen LogP contribution < -0.4 is 10.6 Å². The van der Waals surface area contributed by atoms with Gasteiger partial charge in [-0.15, -0.1) is 0 Å². The Kier molecular flexibility index (Phi) is 5.85. The minimum absolute atomic E-state index is 0.00476. The minimum Gasteiger partial charge on any atom is -0.384 e. The highest BCUT2D eigenvalue weighted by Gasteiger charge is 2.23. The maximum atomic E-state index is 12.3. The van der Waals surface area contributed by atoms with Gasteiger partial charge in [0.15, 0.2) is 0 Å². The normalized spacial score (nSPS) is 16.1. The number of carbonyl (C=O) groups is 1. The van der Waals surface area contributed by atoms with E-state index in [2.05, 4.69) is 34.9 Å². The molecule has 0 saturated heterocycles. The van der Waals surface area contributed by atoms with Crippen LogP contribution in [-0.4, -0.2) is 25.6 Å². The van der Waals surface area contributed by atoms with E-state index in [0.29, 0.717) is 26.3 Å². The lowest BCUT2D eigenvalue weighted by Crippen LogP contribution is -2.38. The Morgan fingerprint density at radius 2 is 1.92 bits per heavy atom. The fraction of sp³-hybridized carbons (Fsp3) is 0.350. The molecule has 0 bridgehead atoms. The molecule has 3 rings (SSSR count). The van der Waals surface area contributed by atoms with E-state index >= 15 is 0 Å². The predicted molar refractivity (Wildman–Crippen MR) is 95.9 cm³/mol. The third-order valence-electron chi connectivity index (χ3n) is 4.27. The van der Waals surface area contributed by atoms with Crippen LogP contribution in [-0.2, 0) is 22.6 Å². The number of fused-ring (bicyclic) bond motifs is 1. The zero-order chi connectivity index (χ0) is 16.6. The van der Waals surface area contributed by atoms with Crippen LogP contribution in [0.4, 0.5) is 5.69 Å². The molecule has 2 aromatic carbocycles. The molecule has 4 nitrogen and oxygen atoms in total. The van der Waals surface area contributed by atoms with Gasteiger partial charge in [-0.1, -0.05) is 48.5 Å². The Bertz CT molecular complexity index is 658. The predicted octanol–water partition coefficient (Wildman–Crippen LogP) is 2.99. The molecule has 2 N–H and O–H groups in total. The van der Waals surface area contributed by atoms with Gasteiger partial charge in [0.1, 0.15) is 0 Å². The largest absolute Gasteiger partial charge is 0.384 e. The average molecular weight is 324 g/mol. The molecular formula is C20H24N2O2. The second kappa shape index (κ2) is 8.50. The fourth-order valence-electron chi connectivity index (χ4n) is 2.92. The van der Waals surface area contributed by atoms with Crippen molar-refractivity contribution in [3.8, 4) is 0 Å². The van der Waals surface area contributed by atoms with Gasteiger partial charge < -0.3 is 15.4 Å². The van der Waals surface area contributed by atoms with Gasteiger partial charge in [0.2, 0.25) is 5.91 Å². The summed E-state index contributed by atoms with van der Waals surface area (Å²) < 4.78 is 5.63. The average Bonchev–Trinajstić information content (AvgIpc) is 2.65. The van der Waals surface area contributed by atoms with E-state index in [-0.39, 0.29) is 11.8 Å². The van der Waals surface area contributed by atoms with Gasteiger partial charge in [-0.2, -0.15) is 0 Å². The summed E-state index contributed by atoms with van der Waals surface area (Å²) >= 11 is 0. The lowest BCUT2D eigenvalue weighted by Gasteiger charge is -2.25. The van der Waals surface area contributed by atoms with Crippen molar-refractivity contribution in [1.29, 1.82) is 0 Å². The summed E-state index contributed by atoms with van der Waals surface area (Å²) in [7, 11) is 0.